The number of aliphatic hydroxyl groups is 1. The number of halogens is 4. The molecule has 1 aliphatic rings. The number of aromatic carboxylic acids is 1. The Kier molecular flexibility index (Phi) is 6.49. The average molecular weight is 520 g/mol. The van der Waals surface area contributed by atoms with Gasteiger partial charge < -0.3 is 19.8 Å². The molecule has 36 heavy (non-hydrogen) atoms. The minimum atomic E-state index is -5.12. The second kappa shape index (κ2) is 9.15. The fourth-order valence-electron chi connectivity index (χ4n) is 4.28. The van der Waals surface area contributed by atoms with Gasteiger partial charge >= 0.3 is 12.1 Å². The third kappa shape index (κ3) is 4.29. The molecule has 0 saturated heterocycles. The van der Waals surface area contributed by atoms with Gasteiger partial charge in [-0.15, -0.1) is 0 Å². The van der Waals surface area contributed by atoms with Crippen LogP contribution in [0.25, 0.3) is 11.1 Å². The number of carboxylic acids is 1. The number of amides is 1. The first-order valence-corrected chi connectivity index (χ1v) is 11.2. The van der Waals surface area contributed by atoms with Crippen molar-refractivity contribution in [1.29, 1.82) is 0 Å². The minimum Gasteiger partial charge on any atom is -0.482 e. The van der Waals surface area contributed by atoms with Gasteiger partial charge in [0.25, 0.3) is 5.91 Å². The van der Waals surface area contributed by atoms with Crippen LogP contribution in [0.5, 0.6) is 5.75 Å². The van der Waals surface area contributed by atoms with E-state index >= 15 is 0 Å². The van der Waals surface area contributed by atoms with Crippen LogP contribution in [0.15, 0.2) is 60.7 Å². The summed E-state index contributed by atoms with van der Waals surface area (Å²) < 4.78 is 49.0. The van der Waals surface area contributed by atoms with E-state index in [1.807, 2.05) is 0 Å². The molecule has 3 aromatic rings. The van der Waals surface area contributed by atoms with Crippen molar-refractivity contribution in [3.05, 3.63) is 82.4 Å². The van der Waals surface area contributed by atoms with Gasteiger partial charge in [-0.1, -0.05) is 42.8 Å². The number of carbonyl (C=O) groups excluding carboxylic acids is 1. The van der Waals surface area contributed by atoms with Crippen LogP contribution in [-0.2, 0) is 10.4 Å². The van der Waals surface area contributed by atoms with Crippen molar-refractivity contribution in [3.63, 3.8) is 0 Å². The zero-order valence-electron chi connectivity index (χ0n) is 19.1. The number of rotatable bonds is 5. The van der Waals surface area contributed by atoms with Crippen LogP contribution in [0, 0.1) is 0 Å². The highest BCUT2D eigenvalue weighted by Gasteiger charge is 2.59. The Morgan fingerprint density at radius 1 is 1.08 bits per heavy atom. The SMILES string of the molecule is CC(c1cc(-c2cccc(C(=O)O)c2)ccc1Cl)C(O)(c1ccc2c(c1)N(C)C(=O)CO2)C(F)(F)F. The van der Waals surface area contributed by atoms with Gasteiger partial charge in [-0.3, -0.25) is 4.79 Å². The van der Waals surface area contributed by atoms with E-state index in [1.54, 1.807) is 12.1 Å². The number of nitrogens with zero attached hydrogens (tertiary/aromatic N) is 1. The van der Waals surface area contributed by atoms with Crippen molar-refractivity contribution >= 4 is 29.2 Å². The van der Waals surface area contributed by atoms with E-state index in [0.717, 1.165) is 12.1 Å². The average Bonchev–Trinajstić information content (AvgIpc) is 2.85. The molecule has 0 aliphatic carbocycles. The highest BCUT2D eigenvalue weighted by molar-refractivity contribution is 6.31. The van der Waals surface area contributed by atoms with Crippen molar-refractivity contribution in [1.82, 2.24) is 0 Å². The molecule has 3 aromatic carbocycles. The molecule has 10 heteroatoms. The number of benzene rings is 3. The number of ether oxygens (including phenoxy) is 1. The Bertz CT molecular complexity index is 1360. The van der Waals surface area contributed by atoms with Crippen molar-refractivity contribution in [3.8, 4) is 16.9 Å². The maximum atomic E-state index is 14.6. The Morgan fingerprint density at radius 3 is 2.44 bits per heavy atom. The number of hydrogen-bond donors (Lipinski definition) is 2. The molecular formula is C26H21ClF3NO5. The molecule has 2 atom stereocenters. The van der Waals surface area contributed by atoms with Crippen LogP contribution in [0.2, 0.25) is 5.02 Å². The Labute approximate surface area is 209 Å². The third-order valence-corrected chi connectivity index (χ3v) is 6.79. The predicted octanol–water partition coefficient (Wildman–Crippen LogP) is 5.61. The molecule has 1 amide bonds. The summed E-state index contributed by atoms with van der Waals surface area (Å²) in [6.07, 6.45) is -5.12. The number of likely N-dealkylation sites (N-methyl/N-ethyl adjacent to an activating group) is 1. The zero-order chi connectivity index (χ0) is 26.4. The second-order valence-corrected chi connectivity index (χ2v) is 8.94. The largest absolute Gasteiger partial charge is 0.482 e. The van der Waals surface area contributed by atoms with Crippen LogP contribution in [0.3, 0.4) is 0 Å². The van der Waals surface area contributed by atoms with Crippen LogP contribution >= 0.6 is 11.6 Å². The molecule has 1 heterocycles. The number of carbonyl (C=O) groups is 2. The topological polar surface area (TPSA) is 87.1 Å². The van der Waals surface area contributed by atoms with Gasteiger partial charge in [0.05, 0.1) is 11.3 Å². The number of anilines is 1. The third-order valence-electron chi connectivity index (χ3n) is 6.45. The number of carboxylic acid groups (broad SMARTS) is 1. The minimum absolute atomic E-state index is 0.00287. The number of hydrogen-bond acceptors (Lipinski definition) is 4. The molecule has 0 radical (unpaired) electrons. The Balaban J connectivity index is 1.84. The van der Waals surface area contributed by atoms with Crippen LogP contribution in [0.4, 0.5) is 18.9 Å². The van der Waals surface area contributed by atoms with Crippen LogP contribution < -0.4 is 9.64 Å². The molecule has 1 aliphatic heterocycles. The summed E-state index contributed by atoms with van der Waals surface area (Å²) >= 11 is 6.32. The van der Waals surface area contributed by atoms with Gasteiger partial charge in [0.15, 0.2) is 12.2 Å². The summed E-state index contributed by atoms with van der Waals surface area (Å²) in [5, 5.41) is 20.6. The first kappa shape index (κ1) is 25.5. The van der Waals surface area contributed by atoms with Crippen molar-refractivity contribution < 1.29 is 37.7 Å². The smallest absolute Gasteiger partial charge is 0.422 e. The highest BCUT2D eigenvalue weighted by atomic mass is 35.5. The molecule has 0 aromatic heterocycles. The normalized spacial score (nSPS) is 16.1. The van der Waals surface area contributed by atoms with Crippen LogP contribution in [-0.4, -0.2) is 41.9 Å². The summed E-state index contributed by atoms with van der Waals surface area (Å²) in [4.78, 5) is 24.5. The molecule has 4 rings (SSSR count). The first-order valence-electron chi connectivity index (χ1n) is 10.8. The Hall–Kier alpha value is -3.56. The summed E-state index contributed by atoms with van der Waals surface area (Å²) in [5.41, 5.74) is -2.86. The quantitative estimate of drug-likeness (QED) is 0.457. The number of fused-ring (bicyclic) bond motifs is 1. The van der Waals surface area contributed by atoms with Crippen molar-refractivity contribution in [2.45, 2.75) is 24.6 Å². The van der Waals surface area contributed by atoms with Crippen molar-refractivity contribution in [2.75, 3.05) is 18.6 Å². The lowest BCUT2D eigenvalue weighted by Crippen LogP contribution is -2.47. The standard InChI is InChI=1S/C26H21ClF3NO5/c1-14(19-11-16(6-8-20(19)27)15-4-3-5-17(10-15)24(33)34)25(35,26(28,29)30)18-7-9-22-21(12-18)31(2)23(32)13-36-22/h3-12,14,35H,13H2,1-2H3,(H,33,34). The summed E-state index contributed by atoms with van der Waals surface area (Å²) in [7, 11) is 1.41. The maximum Gasteiger partial charge on any atom is 0.422 e. The van der Waals surface area contributed by atoms with Gasteiger partial charge in [0.1, 0.15) is 5.75 Å². The fourth-order valence-corrected chi connectivity index (χ4v) is 4.56. The molecule has 0 bridgehead atoms. The molecule has 188 valence electrons. The van der Waals surface area contributed by atoms with E-state index in [-0.39, 0.29) is 34.2 Å². The van der Waals surface area contributed by atoms with Crippen LogP contribution in [0.1, 0.15) is 34.3 Å². The summed E-state index contributed by atoms with van der Waals surface area (Å²) in [6, 6.07) is 13.8. The second-order valence-electron chi connectivity index (χ2n) is 8.53. The number of alkyl halides is 3. The van der Waals surface area contributed by atoms with E-state index in [0.29, 0.717) is 11.1 Å². The van der Waals surface area contributed by atoms with E-state index in [2.05, 4.69) is 0 Å². The molecule has 0 fully saturated rings. The van der Waals surface area contributed by atoms with E-state index < -0.39 is 35.1 Å². The lowest BCUT2D eigenvalue weighted by Gasteiger charge is -2.38. The van der Waals surface area contributed by atoms with Gasteiger partial charge in [-0.2, -0.15) is 13.2 Å². The summed E-state index contributed by atoms with van der Waals surface area (Å²) in [5.74, 6) is -2.96. The van der Waals surface area contributed by atoms with Gasteiger partial charge in [0, 0.05) is 18.0 Å². The summed E-state index contributed by atoms with van der Waals surface area (Å²) in [6.45, 7) is 0.964. The predicted molar refractivity (Wildman–Crippen MR) is 128 cm³/mol. The first-order chi connectivity index (χ1) is 16.8. The van der Waals surface area contributed by atoms with Crippen molar-refractivity contribution in [2.24, 2.45) is 0 Å². The molecule has 6 nitrogen and oxygen atoms in total. The molecular weight excluding hydrogens is 499 g/mol. The lowest BCUT2D eigenvalue weighted by atomic mass is 9.77. The highest BCUT2D eigenvalue weighted by Crippen LogP contribution is 2.51. The van der Waals surface area contributed by atoms with Gasteiger partial charge in [-0.05, 0) is 58.7 Å². The lowest BCUT2D eigenvalue weighted by molar-refractivity contribution is -0.274. The van der Waals surface area contributed by atoms with E-state index in [1.165, 1.54) is 55.3 Å². The maximum absolute atomic E-state index is 14.6. The van der Waals surface area contributed by atoms with E-state index in [4.69, 9.17) is 16.3 Å². The molecule has 2 unspecified atom stereocenters. The fraction of sp³-hybridized carbons (Fsp3) is 0.231. The monoisotopic (exact) mass is 519 g/mol. The van der Waals surface area contributed by atoms with E-state index in [9.17, 15) is 33.0 Å². The van der Waals surface area contributed by atoms with Gasteiger partial charge in [-0.25, -0.2) is 4.79 Å². The molecule has 0 saturated carbocycles. The zero-order valence-corrected chi connectivity index (χ0v) is 19.9. The van der Waals surface area contributed by atoms with Gasteiger partial charge in [0.2, 0.25) is 0 Å². The Morgan fingerprint density at radius 2 is 1.78 bits per heavy atom. The molecule has 2 N–H and O–H groups in total. The molecule has 0 spiro atoms.